The standard InChI is InChI=1S/C16H19ClN2O4/c1-23-9-5-8-18(15(21)11-17)13-10-14(20)19(16(13)22)12-6-3-2-4-7-12/h2-4,6-7,13H,5,8-11H2,1H3/t13-/m1/s1. The van der Waals surface area contributed by atoms with Crippen molar-refractivity contribution >= 4 is 35.0 Å². The van der Waals surface area contributed by atoms with Crippen LogP contribution in [0.1, 0.15) is 12.8 Å². The molecule has 0 spiro atoms. The number of methoxy groups -OCH3 is 1. The first-order valence-electron chi connectivity index (χ1n) is 7.36. The van der Waals surface area contributed by atoms with Crippen molar-refractivity contribution in [1.82, 2.24) is 4.90 Å². The topological polar surface area (TPSA) is 66.9 Å². The minimum atomic E-state index is -0.800. The zero-order valence-electron chi connectivity index (χ0n) is 12.9. The molecule has 1 aliphatic rings. The van der Waals surface area contributed by atoms with E-state index in [9.17, 15) is 14.4 Å². The number of nitrogens with zero attached hydrogens (tertiary/aromatic N) is 2. The van der Waals surface area contributed by atoms with E-state index in [2.05, 4.69) is 0 Å². The van der Waals surface area contributed by atoms with Gasteiger partial charge in [-0.15, -0.1) is 11.6 Å². The first-order chi connectivity index (χ1) is 11.1. The van der Waals surface area contributed by atoms with Crippen LogP contribution in [0.25, 0.3) is 0 Å². The highest BCUT2D eigenvalue weighted by atomic mass is 35.5. The second-order valence-electron chi connectivity index (χ2n) is 5.19. The average Bonchev–Trinajstić information content (AvgIpc) is 2.86. The molecule has 1 aromatic rings. The third-order valence-electron chi connectivity index (χ3n) is 3.70. The third-order valence-corrected chi connectivity index (χ3v) is 3.92. The Morgan fingerprint density at radius 3 is 2.65 bits per heavy atom. The van der Waals surface area contributed by atoms with Gasteiger partial charge in [0.2, 0.25) is 11.8 Å². The SMILES string of the molecule is COCCCN(C(=O)CCl)[C@@H]1CC(=O)N(c2ccccc2)C1=O. The maximum absolute atomic E-state index is 12.6. The summed E-state index contributed by atoms with van der Waals surface area (Å²) < 4.78 is 4.97. The van der Waals surface area contributed by atoms with Crippen molar-refractivity contribution in [1.29, 1.82) is 0 Å². The number of alkyl halides is 1. The van der Waals surface area contributed by atoms with E-state index >= 15 is 0 Å². The molecule has 1 aromatic carbocycles. The number of amides is 3. The maximum Gasteiger partial charge on any atom is 0.257 e. The summed E-state index contributed by atoms with van der Waals surface area (Å²) in [5, 5.41) is 0. The number of benzene rings is 1. The van der Waals surface area contributed by atoms with E-state index < -0.39 is 11.9 Å². The fourth-order valence-electron chi connectivity index (χ4n) is 2.62. The van der Waals surface area contributed by atoms with Crippen LogP contribution in [-0.4, -0.2) is 54.8 Å². The largest absolute Gasteiger partial charge is 0.385 e. The highest BCUT2D eigenvalue weighted by Gasteiger charge is 2.43. The van der Waals surface area contributed by atoms with Gasteiger partial charge in [0.05, 0.1) is 12.1 Å². The Hall–Kier alpha value is -1.92. The highest BCUT2D eigenvalue weighted by molar-refractivity contribution is 6.28. The summed E-state index contributed by atoms with van der Waals surface area (Å²) in [7, 11) is 1.56. The molecule has 0 aromatic heterocycles. The fraction of sp³-hybridized carbons (Fsp3) is 0.438. The summed E-state index contributed by atoms with van der Waals surface area (Å²) in [6.45, 7) is 0.787. The number of hydrogen-bond donors (Lipinski definition) is 0. The summed E-state index contributed by atoms with van der Waals surface area (Å²) >= 11 is 5.64. The number of carbonyl (C=O) groups excluding carboxylic acids is 3. The van der Waals surface area contributed by atoms with E-state index in [-0.39, 0.29) is 24.1 Å². The van der Waals surface area contributed by atoms with Crippen molar-refractivity contribution in [3.05, 3.63) is 30.3 Å². The Balaban J connectivity index is 2.19. The van der Waals surface area contributed by atoms with Crippen molar-refractivity contribution < 1.29 is 19.1 Å². The Labute approximate surface area is 139 Å². The molecular weight excluding hydrogens is 320 g/mol. The molecule has 7 heteroatoms. The lowest BCUT2D eigenvalue weighted by Gasteiger charge is -2.27. The molecule has 23 heavy (non-hydrogen) atoms. The number of carbonyl (C=O) groups is 3. The van der Waals surface area contributed by atoms with Crippen molar-refractivity contribution in [2.45, 2.75) is 18.9 Å². The van der Waals surface area contributed by atoms with Crippen LogP contribution in [0.5, 0.6) is 0 Å². The lowest BCUT2D eigenvalue weighted by Crippen LogP contribution is -2.46. The monoisotopic (exact) mass is 338 g/mol. The number of anilines is 1. The molecule has 1 heterocycles. The van der Waals surface area contributed by atoms with Gasteiger partial charge >= 0.3 is 0 Å². The number of hydrogen-bond acceptors (Lipinski definition) is 4. The van der Waals surface area contributed by atoms with Crippen LogP contribution in [0.4, 0.5) is 5.69 Å². The van der Waals surface area contributed by atoms with Gasteiger partial charge < -0.3 is 9.64 Å². The molecule has 1 aliphatic heterocycles. The smallest absolute Gasteiger partial charge is 0.257 e. The molecule has 0 bridgehead atoms. The number of para-hydroxylation sites is 1. The summed E-state index contributed by atoms with van der Waals surface area (Å²) in [6, 6.07) is 7.89. The molecule has 0 radical (unpaired) electrons. The van der Waals surface area contributed by atoms with Crippen LogP contribution < -0.4 is 4.90 Å². The van der Waals surface area contributed by atoms with E-state index in [0.717, 1.165) is 4.90 Å². The second kappa shape index (κ2) is 8.08. The quantitative estimate of drug-likeness (QED) is 0.428. The minimum absolute atomic E-state index is 0.0245. The van der Waals surface area contributed by atoms with Crippen LogP contribution in [-0.2, 0) is 19.1 Å². The van der Waals surface area contributed by atoms with Crippen LogP contribution in [0, 0.1) is 0 Å². The van der Waals surface area contributed by atoms with Gasteiger partial charge in [-0.05, 0) is 18.6 Å². The number of ether oxygens (including phenoxy) is 1. The molecule has 2 rings (SSSR count). The fourth-order valence-corrected chi connectivity index (χ4v) is 2.77. The van der Waals surface area contributed by atoms with Crippen LogP contribution >= 0.6 is 11.6 Å². The van der Waals surface area contributed by atoms with Gasteiger partial charge in [0.15, 0.2) is 0 Å². The molecule has 1 atom stereocenters. The average molecular weight is 339 g/mol. The Bertz CT molecular complexity index is 579. The first kappa shape index (κ1) is 17.4. The minimum Gasteiger partial charge on any atom is -0.385 e. The molecule has 3 amide bonds. The van der Waals surface area contributed by atoms with E-state index in [4.69, 9.17) is 16.3 Å². The van der Waals surface area contributed by atoms with E-state index in [1.54, 1.807) is 37.4 Å². The molecular formula is C16H19ClN2O4. The van der Waals surface area contributed by atoms with Gasteiger partial charge in [-0.25, -0.2) is 4.90 Å². The Kier molecular flexibility index (Phi) is 6.12. The highest BCUT2D eigenvalue weighted by Crippen LogP contribution is 2.25. The number of halogens is 1. The van der Waals surface area contributed by atoms with Crippen LogP contribution in [0.3, 0.4) is 0 Å². The molecule has 0 saturated carbocycles. The first-order valence-corrected chi connectivity index (χ1v) is 7.89. The maximum atomic E-state index is 12.6. The molecule has 124 valence electrons. The predicted octanol–water partition coefficient (Wildman–Crippen LogP) is 1.42. The van der Waals surface area contributed by atoms with Crippen molar-refractivity contribution in [2.24, 2.45) is 0 Å². The van der Waals surface area contributed by atoms with Crippen molar-refractivity contribution in [2.75, 3.05) is 31.0 Å². The summed E-state index contributed by atoms with van der Waals surface area (Å²) in [5.41, 5.74) is 0.514. The van der Waals surface area contributed by atoms with E-state index in [1.807, 2.05) is 0 Å². The summed E-state index contributed by atoms with van der Waals surface area (Å²) in [6.07, 6.45) is 0.547. The summed E-state index contributed by atoms with van der Waals surface area (Å²) in [4.78, 5) is 39.5. The zero-order chi connectivity index (χ0) is 16.8. The lowest BCUT2D eigenvalue weighted by atomic mass is 10.2. The lowest BCUT2D eigenvalue weighted by molar-refractivity contribution is -0.136. The van der Waals surface area contributed by atoms with E-state index in [1.165, 1.54) is 4.90 Å². The van der Waals surface area contributed by atoms with Gasteiger partial charge in [-0.2, -0.15) is 0 Å². The Morgan fingerprint density at radius 1 is 1.35 bits per heavy atom. The molecule has 1 fully saturated rings. The summed E-state index contributed by atoms with van der Waals surface area (Å²) in [5.74, 6) is -1.29. The molecule has 0 unspecified atom stereocenters. The van der Waals surface area contributed by atoms with Crippen molar-refractivity contribution in [3.8, 4) is 0 Å². The van der Waals surface area contributed by atoms with Gasteiger partial charge in [-0.3, -0.25) is 14.4 Å². The predicted molar refractivity (Wildman–Crippen MR) is 86.3 cm³/mol. The van der Waals surface area contributed by atoms with Crippen molar-refractivity contribution in [3.63, 3.8) is 0 Å². The van der Waals surface area contributed by atoms with Crippen LogP contribution in [0.2, 0.25) is 0 Å². The van der Waals surface area contributed by atoms with Gasteiger partial charge in [0, 0.05) is 20.3 Å². The number of imide groups is 1. The normalized spacial score (nSPS) is 17.7. The van der Waals surface area contributed by atoms with Gasteiger partial charge in [-0.1, -0.05) is 18.2 Å². The molecule has 0 N–H and O–H groups in total. The second-order valence-corrected chi connectivity index (χ2v) is 5.46. The molecule has 6 nitrogen and oxygen atoms in total. The number of rotatable bonds is 7. The molecule has 0 aliphatic carbocycles. The Morgan fingerprint density at radius 2 is 2.04 bits per heavy atom. The van der Waals surface area contributed by atoms with Gasteiger partial charge in [0.25, 0.3) is 5.91 Å². The zero-order valence-corrected chi connectivity index (χ0v) is 13.7. The van der Waals surface area contributed by atoms with Gasteiger partial charge in [0.1, 0.15) is 11.9 Å². The van der Waals surface area contributed by atoms with E-state index in [0.29, 0.717) is 25.3 Å². The third kappa shape index (κ3) is 3.89. The molecule has 1 saturated heterocycles. The van der Waals surface area contributed by atoms with Crippen LogP contribution in [0.15, 0.2) is 30.3 Å².